The second kappa shape index (κ2) is 7.16. The van der Waals surface area contributed by atoms with E-state index in [0.717, 1.165) is 38.0 Å². The molecule has 2 heterocycles. The van der Waals surface area contributed by atoms with Crippen LogP contribution in [0.3, 0.4) is 0 Å². The van der Waals surface area contributed by atoms with Crippen LogP contribution in [0.1, 0.15) is 31.4 Å². The van der Waals surface area contributed by atoms with Gasteiger partial charge >= 0.3 is 0 Å². The monoisotopic (exact) mass is 340 g/mol. The first-order chi connectivity index (χ1) is 11.1. The fraction of sp³-hybridized carbons (Fsp3) is 0.588. The number of halogens is 2. The quantitative estimate of drug-likeness (QED) is 0.848. The van der Waals surface area contributed by atoms with Crippen molar-refractivity contribution in [2.24, 2.45) is 0 Å². The molecule has 3 rings (SSSR count). The molecule has 0 aromatic heterocycles. The highest BCUT2D eigenvalue weighted by Gasteiger charge is 2.32. The zero-order valence-corrected chi connectivity index (χ0v) is 14.1. The van der Waals surface area contributed by atoms with E-state index in [-0.39, 0.29) is 23.1 Å². The van der Waals surface area contributed by atoms with Crippen molar-refractivity contribution in [3.63, 3.8) is 0 Å². The third-order valence-electron chi connectivity index (χ3n) is 4.74. The van der Waals surface area contributed by atoms with Gasteiger partial charge in [0.1, 0.15) is 5.82 Å². The summed E-state index contributed by atoms with van der Waals surface area (Å²) in [6, 6.07) is 4.51. The summed E-state index contributed by atoms with van der Waals surface area (Å²) in [5.41, 5.74) is 0.849. The number of nitrogens with zero attached hydrogens (tertiary/aromatic N) is 2. The molecular weight excluding hydrogens is 319 g/mol. The van der Waals surface area contributed by atoms with Gasteiger partial charge in [0.2, 0.25) is 5.91 Å². The highest BCUT2D eigenvalue weighted by atomic mass is 35.5. The van der Waals surface area contributed by atoms with E-state index in [0.29, 0.717) is 13.2 Å². The van der Waals surface area contributed by atoms with Gasteiger partial charge in [-0.2, -0.15) is 0 Å². The predicted octanol–water partition coefficient (Wildman–Crippen LogP) is 2.86. The lowest BCUT2D eigenvalue weighted by Crippen LogP contribution is -2.50. The largest absolute Gasteiger partial charge is 0.371 e. The fourth-order valence-corrected chi connectivity index (χ4v) is 3.48. The van der Waals surface area contributed by atoms with E-state index >= 15 is 0 Å². The van der Waals surface area contributed by atoms with Crippen LogP contribution in [-0.4, -0.2) is 54.5 Å². The van der Waals surface area contributed by atoms with E-state index in [1.54, 1.807) is 12.1 Å². The summed E-state index contributed by atoms with van der Waals surface area (Å²) in [4.78, 5) is 16.7. The van der Waals surface area contributed by atoms with Crippen molar-refractivity contribution in [2.45, 2.75) is 31.9 Å². The van der Waals surface area contributed by atoms with Crippen molar-refractivity contribution in [3.05, 3.63) is 34.6 Å². The van der Waals surface area contributed by atoms with Crippen LogP contribution >= 0.6 is 11.6 Å². The van der Waals surface area contributed by atoms with Gasteiger partial charge in [0.25, 0.3) is 0 Å². The molecule has 4 nitrogen and oxygen atoms in total. The summed E-state index contributed by atoms with van der Waals surface area (Å²) in [7, 11) is 0. The average Bonchev–Trinajstić information content (AvgIpc) is 3.10. The first-order valence-corrected chi connectivity index (χ1v) is 8.53. The summed E-state index contributed by atoms with van der Waals surface area (Å²) in [6.07, 6.45) is 2.01. The Hall–Kier alpha value is -1.17. The van der Waals surface area contributed by atoms with Crippen LogP contribution < -0.4 is 0 Å². The number of ether oxygens (including phenoxy) is 1. The molecule has 2 aliphatic heterocycles. The minimum absolute atomic E-state index is 0.101. The van der Waals surface area contributed by atoms with E-state index in [2.05, 4.69) is 4.90 Å². The number of carbonyl (C=O) groups is 1. The number of hydrogen-bond acceptors (Lipinski definition) is 3. The molecule has 6 heteroatoms. The van der Waals surface area contributed by atoms with Gasteiger partial charge in [-0.15, -0.1) is 0 Å². The molecule has 0 radical (unpaired) electrons. The molecule has 2 fully saturated rings. The van der Waals surface area contributed by atoms with Crippen LogP contribution in [0.2, 0.25) is 5.02 Å². The lowest BCUT2D eigenvalue weighted by atomic mass is 10.1. The molecule has 1 amide bonds. The summed E-state index contributed by atoms with van der Waals surface area (Å²) < 4.78 is 19.1. The van der Waals surface area contributed by atoms with E-state index in [4.69, 9.17) is 16.3 Å². The summed E-state index contributed by atoms with van der Waals surface area (Å²) in [6.45, 7) is 5.59. The Morgan fingerprint density at radius 1 is 1.35 bits per heavy atom. The molecule has 0 aliphatic carbocycles. The van der Waals surface area contributed by atoms with Gasteiger partial charge in [0.05, 0.1) is 23.8 Å². The van der Waals surface area contributed by atoms with Gasteiger partial charge in [-0.25, -0.2) is 4.39 Å². The fourth-order valence-electron chi connectivity index (χ4n) is 3.29. The minimum Gasteiger partial charge on any atom is -0.371 e. The van der Waals surface area contributed by atoms with Crippen LogP contribution in [0.25, 0.3) is 0 Å². The Morgan fingerprint density at radius 2 is 2.09 bits per heavy atom. The summed E-state index contributed by atoms with van der Waals surface area (Å²) >= 11 is 5.86. The Kier molecular flexibility index (Phi) is 5.19. The van der Waals surface area contributed by atoms with E-state index in [9.17, 15) is 9.18 Å². The van der Waals surface area contributed by atoms with E-state index in [1.807, 2.05) is 11.8 Å². The Morgan fingerprint density at radius 3 is 2.78 bits per heavy atom. The van der Waals surface area contributed by atoms with Crippen molar-refractivity contribution < 1.29 is 13.9 Å². The van der Waals surface area contributed by atoms with Gasteiger partial charge in [-0.1, -0.05) is 17.7 Å². The number of amides is 1. The first-order valence-electron chi connectivity index (χ1n) is 8.15. The molecule has 23 heavy (non-hydrogen) atoms. The highest BCUT2D eigenvalue weighted by molar-refractivity contribution is 6.30. The smallest absolute Gasteiger partial charge is 0.239 e. The lowest BCUT2D eigenvalue weighted by Gasteiger charge is -2.37. The third kappa shape index (κ3) is 3.67. The van der Waals surface area contributed by atoms with E-state index < -0.39 is 5.82 Å². The van der Waals surface area contributed by atoms with Crippen molar-refractivity contribution in [3.8, 4) is 0 Å². The number of likely N-dealkylation sites (tertiary alicyclic amines) is 1. The summed E-state index contributed by atoms with van der Waals surface area (Å²) in [5, 5.41) is 0.101. The van der Waals surface area contributed by atoms with Crippen LogP contribution in [0, 0.1) is 5.82 Å². The predicted molar refractivity (Wildman–Crippen MR) is 87.0 cm³/mol. The molecular formula is C17H22ClFN2O2. The van der Waals surface area contributed by atoms with Crippen LogP contribution in [0.5, 0.6) is 0 Å². The topological polar surface area (TPSA) is 32.8 Å². The van der Waals surface area contributed by atoms with Gasteiger partial charge in [0.15, 0.2) is 0 Å². The Labute approximate surface area is 141 Å². The van der Waals surface area contributed by atoms with Crippen molar-refractivity contribution in [2.75, 3.05) is 32.8 Å². The third-order valence-corrected chi connectivity index (χ3v) is 5.03. The van der Waals surface area contributed by atoms with Gasteiger partial charge < -0.3 is 9.64 Å². The Bertz CT molecular complexity index is 578. The molecule has 0 bridgehead atoms. The number of carbonyl (C=O) groups excluding carboxylic acids is 1. The lowest BCUT2D eigenvalue weighted by molar-refractivity contribution is -0.138. The van der Waals surface area contributed by atoms with Gasteiger partial charge in [0, 0.05) is 26.2 Å². The number of morpholine rings is 1. The highest BCUT2D eigenvalue weighted by Crippen LogP contribution is 2.27. The van der Waals surface area contributed by atoms with Gasteiger partial charge in [-0.05, 0) is 37.5 Å². The molecule has 2 aliphatic rings. The van der Waals surface area contributed by atoms with Crippen molar-refractivity contribution in [1.29, 1.82) is 0 Å². The minimum atomic E-state index is -0.430. The van der Waals surface area contributed by atoms with Crippen molar-refractivity contribution in [1.82, 2.24) is 9.80 Å². The molecule has 2 atom stereocenters. The Balaban J connectivity index is 1.67. The zero-order chi connectivity index (χ0) is 16.4. The first kappa shape index (κ1) is 16.7. The SMILES string of the molecule is CC(C(=O)N1CCCC1)N1CCOC(c2ccc(F)c(Cl)c2)C1. The maximum atomic E-state index is 13.3. The number of hydrogen-bond donors (Lipinski definition) is 0. The average molecular weight is 341 g/mol. The normalized spacial score (nSPS) is 24.0. The van der Waals surface area contributed by atoms with Gasteiger partial charge in [-0.3, -0.25) is 9.69 Å². The van der Waals surface area contributed by atoms with Crippen LogP contribution in [0.4, 0.5) is 4.39 Å². The number of rotatable bonds is 3. The molecule has 2 saturated heterocycles. The zero-order valence-electron chi connectivity index (χ0n) is 13.3. The molecule has 0 saturated carbocycles. The molecule has 1 aromatic carbocycles. The maximum Gasteiger partial charge on any atom is 0.239 e. The molecule has 1 aromatic rings. The summed E-state index contributed by atoms with van der Waals surface area (Å²) in [5.74, 6) is -0.235. The van der Waals surface area contributed by atoms with Crippen molar-refractivity contribution >= 4 is 17.5 Å². The van der Waals surface area contributed by atoms with E-state index in [1.165, 1.54) is 6.07 Å². The number of benzene rings is 1. The second-order valence-electron chi connectivity index (χ2n) is 6.24. The van der Waals surface area contributed by atoms with Crippen LogP contribution in [-0.2, 0) is 9.53 Å². The maximum absolute atomic E-state index is 13.3. The standard InChI is InChI=1S/C17H22ClFN2O2/c1-12(17(22)20-6-2-3-7-20)21-8-9-23-16(11-21)13-4-5-15(19)14(18)10-13/h4-5,10,12,16H,2-3,6-9,11H2,1H3. The second-order valence-corrected chi connectivity index (χ2v) is 6.64. The molecule has 0 N–H and O–H groups in total. The molecule has 2 unspecified atom stereocenters. The molecule has 126 valence electrons. The molecule has 0 spiro atoms. The van der Waals surface area contributed by atoms with Crippen LogP contribution in [0.15, 0.2) is 18.2 Å².